The van der Waals surface area contributed by atoms with Gasteiger partial charge in [-0.05, 0) is 5.92 Å². The van der Waals surface area contributed by atoms with Gasteiger partial charge in [-0.2, -0.15) is 5.10 Å². The Labute approximate surface area is 145 Å². The number of aromatic nitrogens is 2. The van der Waals surface area contributed by atoms with Crippen LogP contribution in [0.4, 0.5) is 5.82 Å². The highest BCUT2D eigenvalue weighted by Crippen LogP contribution is 2.23. The number of nitrogens with zero attached hydrogens (tertiary/aromatic N) is 3. The van der Waals surface area contributed by atoms with Gasteiger partial charge in [-0.1, -0.05) is 48.5 Å². The molecule has 0 spiro atoms. The average Bonchev–Trinajstić information content (AvgIpc) is 2.77. The summed E-state index contributed by atoms with van der Waals surface area (Å²) in [5.41, 5.74) is 0.829. The lowest BCUT2D eigenvalue weighted by Crippen LogP contribution is -2.42. The summed E-state index contributed by atoms with van der Waals surface area (Å²) >= 11 is 0. The fourth-order valence-electron chi connectivity index (χ4n) is 2.34. The minimum Gasteiger partial charge on any atom is -0.333 e. The highest BCUT2D eigenvalue weighted by atomic mass is 16.2. The second-order valence-corrected chi connectivity index (χ2v) is 8.10. The molecule has 1 heterocycles. The van der Waals surface area contributed by atoms with Crippen LogP contribution in [0.1, 0.15) is 54.2 Å². The van der Waals surface area contributed by atoms with Gasteiger partial charge in [0.2, 0.25) is 11.8 Å². The molecule has 1 aromatic rings. The van der Waals surface area contributed by atoms with E-state index in [0.717, 1.165) is 5.69 Å². The normalized spacial score (nSPS) is 11.9. The van der Waals surface area contributed by atoms with Crippen molar-refractivity contribution in [1.82, 2.24) is 14.7 Å². The molecule has 136 valence electrons. The van der Waals surface area contributed by atoms with Crippen molar-refractivity contribution in [2.75, 3.05) is 18.4 Å². The third-order valence-corrected chi connectivity index (χ3v) is 3.64. The van der Waals surface area contributed by atoms with Gasteiger partial charge in [0.1, 0.15) is 5.82 Å². The van der Waals surface area contributed by atoms with Crippen LogP contribution in [0.5, 0.6) is 0 Å². The Kier molecular flexibility index (Phi) is 6.58. The number of hydrogen-bond donors (Lipinski definition) is 1. The smallest absolute Gasteiger partial charge is 0.245 e. The van der Waals surface area contributed by atoms with Gasteiger partial charge < -0.3 is 10.2 Å². The van der Waals surface area contributed by atoms with Crippen molar-refractivity contribution in [3.05, 3.63) is 11.8 Å². The van der Waals surface area contributed by atoms with Crippen molar-refractivity contribution < 1.29 is 9.59 Å². The molecule has 2 amide bonds. The van der Waals surface area contributed by atoms with E-state index in [-0.39, 0.29) is 29.7 Å². The van der Waals surface area contributed by atoms with Crippen LogP contribution in [-0.4, -0.2) is 39.6 Å². The summed E-state index contributed by atoms with van der Waals surface area (Å²) in [6.45, 7) is 14.6. The van der Waals surface area contributed by atoms with E-state index < -0.39 is 0 Å². The van der Waals surface area contributed by atoms with Gasteiger partial charge in [0, 0.05) is 31.0 Å². The molecule has 1 rings (SSSR count). The molecule has 0 unspecified atom stereocenters. The summed E-state index contributed by atoms with van der Waals surface area (Å²) in [6.07, 6.45) is 0. The number of rotatable bonds is 6. The fourth-order valence-corrected chi connectivity index (χ4v) is 2.34. The number of hydrogen-bond acceptors (Lipinski definition) is 3. The van der Waals surface area contributed by atoms with Crippen molar-refractivity contribution in [3.8, 4) is 0 Å². The molecule has 0 fully saturated rings. The highest BCUT2D eigenvalue weighted by Gasteiger charge is 2.23. The van der Waals surface area contributed by atoms with E-state index in [1.54, 1.807) is 16.6 Å². The van der Waals surface area contributed by atoms with E-state index in [9.17, 15) is 9.59 Å². The second kappa shape index (κ2) is 7.81. The third-order valence-electron chi connectivity index (χ3n) is 3.64. The van der Waals surface area contributed by atoms with Gasteiger partial charge in [0.15, 0.2) is 0 Å². The van der Waals surface area contributed by atoms with Crippen LogP contribution < -0.4 is 5.32 Å². The molecule has 6 heteroatoms. The van der Waals surface area contributed by atoms with Gasteiger partial charge in [-0.3, -0.25) is 14.3 Å². The molecule has 0 saturated carbocycles. The van der Waals surface area contributed by atoms with Gasteiger partial charge in [0.05, 0.1) is 12.2 Å². The first-order chi connectivity index (χ1) is 10.9. The largest absolute Gasteiger partial charge is 0.333 e. The molecule has 0 saturated heterocycles. The Balaban J connectivity index is 2.83. The van der Waals surface area contributed by atoms with Crippen molar-refractivity contribution in [3.63, 3.8) is 0 Å². The second-order valence-electron chi connectivity index (χ2n) is 8.10. The SMILES string of the molecule is CC(C)CN(CC(=O)Nc1cc(C(C)(C)C)nn1C)C(=O)C(C)C. The molecule has 0 aliphatic heterocycles. The lowest BCUT2D eigenvalue weighted by molar-refractivity contribution is -0.138. The van der Waals surface area contributed by atoms with Crippen LogP contribution in [0.2, 0.25) is 0 Å². The number of amides is 2. The number of carbonyl (C=O) groups is 2. The van der Waals surface area contributed by atoms with Crippen molar-refractivity contribution in [2.45, 2.75) is 53.9 Å². The highest BCUT2D eigenvalue weighted by molar-refractivity contribution is 5.94. The van der Waals surface area contributed by atoms with E-state index in [1.165, 1.54) is 0 Å². The van der Waals surface area contributed by atoms with Crippen molar-refractivity contribution in [1.29, 1.82) is 0 Å². The summed E-state index contributed by atoms with van der Waals surface area (Å²) in [5.74, 6) is 0.629. The molecule has 1 aromatic heterocycles. The maximum atomic E-state index is 12.4. The Bertz CT molecular complexity index is 582. The summed E-state index contributed by atoms with van der Waals surface area (Å²) in [4.78, 5) is 26.3. The maximum absolute atomic E-state index is 12.4. The lowest BCUT2D eigenvalue weighted by Gasteiger charge is -2.25. The molecule has 0 aliphatic carbocycles. The number of nitrogens with one attached hydrogen (secondary N) is 1. The van der Waals surface area contributed by atoms with E-state index in [4.69, 9.17) is 0 Å². The van der Waals surface area contributed by atoms with Crippen LogP contribution in [0, 0.1) is 11.8 Å². The quantitative estimate of drug-likeness (QED) is 0.868. The van der Waals surface area contributed by atoms with Crippen LogP contribution in [0.15, 0.2) is 6.07 Å². The molecule has 24 heavy (non-hydrogen) atoms. The van der Waals surface area contributed by atoms with Gasteiger partial charge in [-0.15, -0.1) is 0 Å². The van der Waals surface area contributed by atoms with Crippen molar-refractivity contribution >= 4 is 17.6 Å². The first-order valence-corrected chi connectivity index (χ1v) is 8.55. The molecule has 0 aromatic carbocycles. The third kappa shape index (κ3) is 5.65. The predicted octanol–water partition coefficient (Wildman–Crippen LogP) is 2.80. The first-order valence-electron chi connectivity index (χ1n) is 8.55. The zero-order chi connectivity index (χ0) is 18.7. The maximum Gasteiger partial charge on any atom is 0.245 e. The monoisotopic (exact) mass is 336 g/mol. The van der Waals surface area contributed by atoms with Crippen LogP contribution in [-0.2, 0) is 22.1 Å². The molecular weight excluding hydrogens is 304 g/mol. The van der Waals surface area contributed by atoms with Gasteiger partial charge in [-0.25, -0.2) is 0 Å². The Morgan fingerprint density at radius 1 is 1.25 bits per heavy atom. The minimum absolute atomic E-state index is 0.000707. The summed E-state index contributed by atoms with van der Waals surface area (Å²) in [5, 5.41) is 7.32. The molecule has 0 radical (unpaired) electrons. The zero-order valence-corrected chi connectivity index (χ0v) is 16.3. The minimum atomic E-state index is -0.201. The van der Waals surface area contributed by atoms with Crippen molar-refractivity contribution in [2.24, 2.45) is 18.9 Å². The summed E-state index contributed by atoms with van der Waals surface area (Å²) in [6, 6.07) is 1.88. The molecule has 0 bridgehead atoms. The summed E-state index contributed by atoms with van der Waals surface area (Å²) in [7, 11) is 1.80. The molecule has 6 nitrogen and oxygen atoms in total. The van der Waals surface area contributed by atoms with Crippen LogP contribution >= 0.6 is 0 Å². The zero-order valence-electron chi connectivity index (χ0n) is 16.3. The van der Waals surface area contributed by atoms with E-state index >= 15 is 0 Å². The number of carbonyl (C=O) groups excluding carboxylic acids is 2. The Morgan fingerprint density at radius 2 is 1.83 bits per heavy atom. The van der Waals surface area contributed by atoms with Crippen LogP contribution in [0.3, 0.4) is 0 Å². The van der Waals surface area contributed by atoms with E-state index in [0.29, 0.717) is 18.3 Å². The Morgan fingerprint density at radius 3 is 2.25 bits per heavy atom. The van der Waals surface area contributed by atoms with Gasteiger partial charge >= 0.3 is 0 Å². The molecule has 0 aliphatic rings. The standard InChI is InChI=1S/C18H32N4O2/c1-12(2)10-22(17(24)13(3)4)11-16(23)19-15-9-14(18(5,6)7)20-21(15)8/h9,12-13H,10-11H2,1-8H3,(H,19,23). The lowest BCUT2D eigenvalue weighted by atomic mass is 9.92. The number of anilines is 1. The topological polar surface area (TPSA) is 67.2 Å². The molecular formula is C18H32N4O2. The predicted molar refractivity (Wildman–Crippen MR) is 96.8 cm³/mol. The number of aryl methyl sites for hydroxylation is 1. The van der Waals surface area contributed by atoms with E-state index in [2.05, 4.69) is 31.2 Å². The fraction of sp³-hybridized carbons (Fsp3) is 0.722. The van der Waals surface area contributed by atoms with Crippen LogP contribution in [0.25, 0.3) is 0 Å². The summed E-state index contributed by atoms with van der Waals surface area (Å²) < 4.78 is 1.66. The molecule has 0 atom stereocenters. The average molecular weight is 336 g/mol. The first kappa shape index (κ1) is 20.2. The van der Waals surface area contributed by atoms with E-state index in [1.807, 2.05) is 33.8 Å². The molecule has 1 N–H and O–H groups in total. The van der Waals surface area contributed by atoms with Gasteiger partial charge in [0.25, 0.3) is 0 Å². The Hall–Kier alpha value is -1.85.